The van der Waals surface area contributed by atoms with Gasteiger partial charge in [-0.1, -0.05) is 34.1 Å². The number of carboxylic acids is 1. The number of carbonyl (C=O) groups is 1. The quantitative estimate of drug-likeness (QED) is 0.837. The summed E-state index contributed by atoms with van der Waals surface area (Å²) >= 11 is 3.41. The van der Waals surface area contributed by atoms with Crippen molar-refractivity contribution in [2.24, 2.45) is 0 Å². The number of aromatic carboxylic acids is 1. The summed E-state index contributed by atoms with van der Waals surface area (Å²) in [6.45, 7) is 0. The molecule has 2 nitrogen and oxygen atoms in total. The van der Waals surface area contributed by atoms with E-state index >= 15 is 0 Å². The van der Waals surface area contributed by atoms with Gasteiger partial charge in [0.2, 0.25) is 0 Å². The average Bonchev–Trinajstić information content (AvgIpc) is 2.17. The van der Waals surface area contributed by atoms with Gasteiger partial charge in [0.15, 0.2) is 0 Å². The molecule has 0 radical (unpaired) electrons. The van der Waals surface area contributed by atoms with Gasteiger partial charge in [-0.3, -0.25) is 0 Å². The van der Waals surface area contributed by atoms with Gasteiger partial charge in [-0.15, -0.1) is 0 Å². The van der Waals surface area contributed by atoms with Gasteiger partial charge in [-0.25, -0.2) is 4.79 Å². The summed E-state index contributed by atoms with van der Waals surface area (Å²) in [5, 5.41) is 10.8. The van der Waals surface area contributed by atoms with Gasteiger partial charge in [0.05, 0.1) is 5.56 Å². The Balaban J connectivity index is 0.00000112. The molecular weight excluding hydrogens is 359 g/mol. The van der Waals surface area contributed by atoms with Crippen LogP contribution in [0.2, 0.25) is 0 Å². The molecule has 1 N–H and O–H groups in total. The monoisotopic (exact) mass is 368 g/mol. The molecule has 2 aromatic rings. The van der Waals surface area contributed by atoms with Crippen molar-refractivity contribution in [2.75, 3.05) is 0 Å². The summed E-state index contributed by atoms with van der Waals surface area (Å²) in [5.74, 6) is -0.896. The second-order valence-corrected chi connectivity index (χ2v) is 3.84. The molecule has 2 aromatic carbocycles. The fourth-order valence-electron chi connectivity index (χ4n) is 1.38. The second kappa shape index (κ2) is 5.03. The molecule has 0 amide bonds. The number of rotatable bonds is 1. The molecule has 4 heteroatoms. The summed E-state index contributed by atoms with van der Waals surface area (Å²) in [6.07, 6.45) is 0. The van der Waals surface area contributed by atoms with Gasteiger partial charge in [-0.05, 0) is 29.0 Å². The Morgan fingerprint density at radius 1 is 1.20 bits per heavy atom. The molecule has 0 aromatic heterocycles. The number of hydrogen-bond acceptors (Lipinski definition) is 1. The van der Waals surface area contributed by atoms with Crippen LogP contribution in [-0.2, 0) is 0 Å². The third-order valence-corrected chi connectivity index (χ3v) is 2.77. The van der Waals surface area contributed by atoms with Crippen molar-refractivity contribution in [3.8, 4) is 0 Å². The molecule has 76 valence electrons. The van der Waals surface area contributed by atoms with Crippen molar-refractivity contribution < 1.29 is 9.90 Å². The molecule has 0 atom stereocenters. The van der Waals surface area contributed by atoms with Gasteiger partial charge >= 0.3 is 31.8 Å². The molecule has 0 fully saturated rings. The molecule has 0 bridgehead atoms. The summed E-state index contributed by atoms with van der Waals surface area (Å²) in [5.41, 5.74) is 0.315. The number of fused-ring (bicyclic) bond motifs is 1. The van der Waals surface area contributed by atoms with E-state index in [2.05, 4.69) is 15.9 Å². The number of benzene rings is 2. The first-order valence-electron chi connectivity index (χ1n) is 4.10. The maximum atomic E-state index is 10.7. The van der Waals surface area contributed by atoms with Gasteiger partial charge in [0.25, 0.3) is 0 Å². The van der Waals surface area contributed by atoms with Crippen LogP contribution in [0.25, 0.3) is 10.8 Å². The van der Waals surface area contributed by atoms with Gasteiger partial charge < -0.3 is 5.11 Å². The predicted octanol–water partition coefficient (Wildman–Crippen LogP) is 2.12. The van der Waals surface area contributed by atoms with E-state index in [1.165, 1.54) is 0 Å². The first kappa shape index (κ1) is 12.6. The zero-order valence-electron chi connectivity index (χ0n) is 7.20. The Hall–Kier alpha value is -0.480. The van der Waals surface area contributed by atoms with E-state index in [-0.39, 0.29) is 25.8 Å². The van der Waals surface area contributed by atoms with Crippen molar-refractivity contribution in [3.05, 3.63) is 46.4 Å². The van der Waals surface area contributed by atoms with Crippen molar-refractivity contribution in [3.63, 3.8) is 0 Å². The normalized spacial score (nSPS) is 9.67. The van der Waals surface area contributed by atoms with Crippen LogP contribution in [0.15, 0.2) is 40.9 Å². The van der Waals surface area contributed by atoms with Gasteiger partial charge in [-0.2, -0.15) is 0 Å². The first-order valence-corrected chi connectivity index (χ1v) is 4.89. The summed E-state index contributed by atoms with van der Waals surface area (Å²) < 4.78 is 0.979. The maximum absolute atomic E-state index is 10.7. The summed E-state index contributed by atoms with van der Waals surface area (Å²) in [7, 11) is 0. The first-order chi connectivity index (χ1) is 6.68. The molecule has 0 saturated heterocycles. The fraction of sp³-hybridized carbons (Fsp3) is 0. The topological polar surface area (TPSA) is 37.3 Å². The van der Waals surface area contributed by atoms with Crippen LogP contribution < -0.4 is 0 Å². The Labute approximate surface area is 114 Å². The fourth-order valence-corrected chi connectivity index (χ4v) is 1.89. The number of hydrogen-bond donors (Lipinski definition) is 1. The zero-order chi connectivity index (χ0) is 10.1. The van der Waals surface area contributed by atoms with Crippen LogP contribution >= 0.6 is 15.9 Å². The summed E-state index contributed by atoms with van der Waals surface area (Å²) in [6, 6.07) is 10.8. The molecule has 0 aliphatic heterocycles. The van der Waals surface area contributed by atoms with Crippen LogP contribution in [0.4, 0.5) is 0 Å². The number of halogens is 1. The van der Waals surface area contributed by atoms with Crippen LogP contribution in [0.5, 0.6) is 0 Å². The minimum atomic E-state index is -0.896. The van der Waals surface area contributed by atoms with E-state index in [1.54, 1.807) is 12.1 Å². The molecule has 15 heavy (non-hydrogen) atoms. The Bertz CT molecular complexity index is 511. The molecule has 0 unspecified atom stereocenters. The van der Waals surface area contributed by atoms with Crippen LogP contribution in [-0.4, -0.2) is 36.9 Å². The van der Waals surface area contributed by atoms with E-state index in [0.29, 0.717) is 5.56 Å². The standard InChI is InChI=1S/C11H7BrO2.In.3H/c12-10-3-1-2-7-6-8(11(13)14)4-5-9(7)10;;;;/h1-6H,(H,13,14);;;;. The summed E-state index contributed by atoms with van der Waals surface area (Å²) in [4.78, 5) is 10.7. The molecule has 0 spiro atoms. The van der Waals surface area contributed by atoms with Crippen molar-refractivity contribution in [1.82, 2.24) is 0 Å². The SMILES string of the molecule is O=C(O)c1ccc2c(Br)cccc2c1.[InH3]. The molecule has 0 aliphatic rings. The van der Waals surface area contributed by atoms with Gasteiger partial charge in [0, 0.05) is 4.47 Å². The van der Waals surface area contributed by atoms with E-state index in [9.17, 15) is 4.79 Å². The Morgan fingerprint density at radius 3 is 2.60 bits per heavy atom. The zero-order valence-corrected chi connectivity index (χ0v) is 8.78. The molecule has 0 saturated carbocycles. The average molecular weight is 369 g/mol. The molecular formula is C11H10BrInO2. The van der Waals surface area contributed by atoms with Crippen LogP contribution in [0, 0.1) is 0 Å². The second-order valence-electron chi connectivity index (χ2n) is 2.98. The Morgan fingerprint density at radius 2 is 1.93 bits per heavy atom. The molecule has 0 aliphatic carbocycles. The Kier molecular flexibility index (Phi) is 4.22. The third kappa shape index (κ3) is 2.55. The van der Waals surface area contributed by atoms with E-state index in [4.69, 9.17) is 5.11 Å². The molecule has 2 rings (SSSR count). The van der Waals surface area contributed by atoms with Crippen molar-refractivity contribution in [1.29, 1.82) is 0 Å². The van der Waals surface area contributed by atoms with Crippen molar-refractivity contribution >= 4 is 58.5 Å². The van der Waals surface area contributed by atoms with E-state index < -0.39 is 5.97 Å². The van der Waals surface area contributed by atoms with E-state index in [0.717, 1.165) is 15.2 Å². The third-order valence-electron chi connectivity index (χ3n) is 2.07. The van der Waals surface area contributed by atoms with Crippen molar-refractivity contribution in [2.45, 2.75) is 0 Å². The number of carboxylic acid groups (broad SMARTS) is 1. The minimum absolute atomic E-state index is 0. The van der Waals surface area contributed by atoms with Crippen LogP contribution in [0.3, 0.4) is 0 Å². The predicted molar refractivity (Wildman–Crippen MR) is 68.5 cm³/mol. The molecule has 0 heterocycles. The van der Waals surface area contributed by atoms with E-state index in [1.807, 2.05) is 24.3 Å². The van der Waals surface area contributed by atoms with Crippen LogP contribution in [0.1, 0.15) is 10.4 Å². The van der Waals surface area contributed by atoms with Gasteiger partial charge in [0.1, 0.15) is 0 Å².